The lowest BCUT2D eigenvalue weighted by molar-refractivity contribution is -0.123. The van der Waals surface area contributed by atoms with Gasteiger partial charge in [-0.05, 0) is 50.2 Å². The molecule has 0 saturated carbocycles. The Morgan fingerprint density at radius 1 is 1.43 bits per heavy atom. The van der Waals surface area contributed by atoms with E-state index in [1.807, 2.05) is 13.0 Å². The standard InChI is InChI=1S/C16H21N3O2S2/c1-2-21-12-3-4-13-14(9-12)23-16(22)19(13)10-18-7-5-11(6-8-18)15(17)20/h3-4,9,11H,2,5-8,10H2,1H3,(H2,17,20). The number of benzene rings is 1. The number of rotatable bonds is 5. The fraction of sp³-hybridized carbons (Fsp3) is 0.500. The third-order valence-electron chi connectivity index (χ3n) is 4.28. The Kier molecular flexibility index (Phi) is 4.99. The highest BCUT2D eigenvalue weighted by molar-refractivity contribution is 7.73. The number of nitrogens with zero attached hydrogens (tertiary/aromatic N) is 2. The maximum Gasteiger partial charge on any atom is 0.220 e. The van der Waals surface area contributed by atoms with E-state index in [0.29, 0.717) is 6.61 Å². The van der Waals surface area contributed by atoms with Crippen molar-refractivity contribution in [2.45, 2.75) is 26.4 Å². The summed E-state index contributed by atoms with van der Waals surface area (Å²) in [6, 6.07) is 6.11. The molecule has 1 saturated heterocycles. The van der Waals surface area contributed by atoms with Gasteiger partial charge < -0.3 is 15.0 Å². The highest BCUT2D eigenvalue weighted by atomic mass is 32.1. The van der Waals surface area contributed by atoms with Crippen molar-refractivity contribution in [3.63, 3.8) is 0 Å². The van der Waals surface area contributed by atoms with Crippen LogP contribution < -0.4 is 10.5 Å². The predicted octanol–water partition coefficient (Wildman–Crippen LogP) is 2.99. The number of nitrogens with two attached hydrogens (primary N) is 1. The van der Waals surface area contributed by atoms with Crippen LogP contribution in [-0.4, -0.2) is 35.1 Å². The number of hydrogen-bond donors (Lipinski definition) is 1. The molecule has 0 radical (unpaired) electrons. The third kappa shape index (κ3) is 3.57. The van der Waals surface area contributed by atoms with Gasteiger partial charge in [0.2, 0.25) is 5.91 Å². The van der Waals surface area contributed by atoms with Crippen LogP contribution >= 0.6 is 23.6 Å². The highest BCUT2D eigenvalue weighted by Gasteiger charge is 2.23. The molecule has 0 spiro atoms. The number of thiazole rings is 1. The summed E-state index contributed by atoms with van der Waals surface area (Å²) >= 11 is 7.14. The van der Waals surface area contributed by atoms with Crippen LogP contribution in [0.4, 0.5) is 0 Å². The molecule has 0 unspecified atom stereocenters. The van der Waals surface area contributed by atoms with E-state index in [2.05, 4.69) is 21.6 Å². The lowest BCUT2D eigenvalue weighted by Gasteiger charge is -2.30. The van der Waals surface area contributed by atoms with Gasteiger partial charge >= 0.3 is 0 Å². The molecular formula is C16H21N3O2S2. The number of aromatic nitrogens is 1. The Morgan fingerprint density at radius 2 is 2.17 bits per heavy atom. The largest absolute Gasteiger partial charge is 0.494 e. The molecule has 3 rings (SSSR count). The second-order valence-corrected chi connectivity index (χ2v) is 7.47. The van der Waals surface area contributed by atoms with Crippen LogP contribution in [0.2, 0.25) is 0 Å². The summed E-state index contributed by atoms with van der Waals surface area (Å²) in [4.78, 5) is 13.6. The average Bonchev–Trinajstić information content (AvgIpc) is 2.83. The van der Waals surface area contributed by atoms with Crippen LogP contribution in [0, 0.1) is 9.87 Å². The number of primary amides is 1. The number of likely N-dealkylation sites (tertiary alicyclic amines) is 1. The zero-order chi connectivity index (χ0) is 16.4. The number of hydrogen-bond acceptors (Lipinski definition) is 5. The van der Waals surface area contributed by atoms with Crippen molar-refractivity contribution in [2.24, 2.45) is 11.7 Å². The van der Waals surface area contributed by atoms with Crippen LogP contribution in [0.25, 0.3) is 10.2 Å². The number of amides is 1. The molecule has 1 aromatic carbocycles. The maximum atomic E-state index is 11.3. The molecule has 0 atom stereocenters. The van der Waals surface area contributed by atoms with Gasteiger partial charge in [-0.15, -0.1) is 11.3 Å². The molecule has 0 aliphatic carbocycles. The summed E-state index contributed by atoms with van der Waals surface area (Å²) in [5, 5.41) is 0. The second kappa shape index (κ2) is 6.98. The van der Waals surface area contributed by atoms with Gasteiger partial charge in [0.25, 0.3) is 0 Å². The molecule has 124 valence electrons. The molecule has 23 heavy (non-hydrogen) atoms. The topological polar surface area (TPSA) is 60.5 Å². The van der Waals surface area contributed by atoms with Gasteiger partial charge in [0, 0.05) is 19.0 Å². The van der Waals surface area contributed by atoms with E-state index in [0.717, 1.165) is 52.5 Å². The lowest BCUT2D eigenvalue weighted by Crippen LogP contribution is -2.39. The lowest BCUT2D eigenvalue weighted by atomic mass is 9.97. The molecule has 2 N–H and O–H groups in total. The molecule has 0 bridgehead atoms. The Hall–Kier alpha value is -1.44. The van der Waals surface area contributed by atoms with Crippen molar-refractivity contribution in [3.05, 3.63) is 22.2 Å². The molecule has 2 heterocycles. The Balaban J connectivity index is 1.77. The van der Waals surface area contributed by atoms with Crippen molar-refractivity contribution in [2.75, 3.05) is 19.7 Å². The number of carbonyl (C=O) groups excluding carboxylic acids is 1. The summed E-state index contributed by atoms with van der Waals surface area (Å²) in [5.41, 5.74) is 6.54. The zero-order valence-corrected chi connectivity index (χ0v) is 14.8. The van der Waals surface area contributed by atoms with Crippen LogP contribution in [0.1, 0.15) is 19.8 Å². The fourth-order valence-corrected chi connectivity index (χ4v) is 4.33. The maximum absolute atomic E-state index is 11.3. The van der Waals surface area contributed by atoms with Gasteiger partial charge in [0.1, 0.15) is 5.75 Å². The molecular weight excluding hydrogens is 330 g/mol. The van der Waals surface area contributed by atoms with Crippen LogP contribution in [0.15, 0.2) is 18.2 Å². The van der Waals surface area contributed by atoms with Crippen LogP contribution in [0.3, 0.4) is 0 Å². The van der Waals surface area contributed by atoms with Crippen molar-refractivity contribution in [1.29, 1.82) is 0 Å². The smallest absolute Gasteiger partial charge is 0.220 e. The number of ether oxygens (including phenoxy) is 1. The van der Waals surface area contributed by atoms with Crippen molar-refractivity contribution < 1.29 is 9.53 Å². The van der Waals surface area contributed by atoms with Gasteiger partial charge in [-0.2, -0.15) is 0 Å². The normalized spacial score (nSPS) is 16.7. The first-order chi connectivity index (χ1) is 11.1. The van der Waals surface area contributed by atoms with Gasteiger partial charge in [-0.3, -0.25) is 9.69 Å². The first kappa shape index (κ1) is 16.4. The van der Waals surface area contributed by atoms with Gasteiger partial charge in [-0.25, -0.2) is 0 Å². The van der Waals surface area contributed by atoms with Gasteiger partial charge in [-0.1, -0.05) is 0 Å². The first-order valence-electron chi connectivity index (χ1n) is 7.86. The van der Waals surface area contributed by atoms with Gasteiger partial charge in [0.15, 0.2) is 3.95 Å². The minimum absolute atomic E-state index is 0.0205. The van der Waals surface area contributed by atoms with Crippen LogP contribution in [0.5, 0.6) is 5.75 Å². The van der Waals surface area contributed by atoms with E-state index in [-0.39, 0.29) is 11.8 Å². The molecule has 1 fully saturated rings. The van der Waals surface area contributed by atoms with E-state index < -0.39 is 0 Å². The Bertz CT molecular complexity index is 760. The minimum Gasteiger partial charge on any atom is -0.494 e. The number of fused-ring (bicyclic) bond motifs is 1. The van der Waals surface area contributed by atoms with E-state index in [9.17, 15) is 4.79 Å². The first-order valence-corrected chi connectivity index (χ1v) is 9.09. The molecule has 1 aliphatic heterocycles. The highest BCUT2D eigenvalue weighted by Crippen LogP contribution is 2.28. The Morgan fingerprint density at radius 3 is 2.83 bits per heavy atom. The summed E-state index contributed by atoms with van der Waals surface area (Å²) in [7, 11) is 0. The van der Waals surface area contributed by atoms with E-state index >= 15 is 0 Å². The van der Waals surface area contributed by atoms with E-state index in [1.165, 1.54) is 0 Å². The molecule has 7 heteroatoms. The number of carbonyl (C=O) groups is 1. The Labute approximate surface area is 144 Å². The molecule has 1 aromatic heterocycles. The summed E-state index contributed by atoms with van der Waals surface area (Å²) in [6.07, 6.45) is 1.67. The molecule has 1 aliphatic rings. The summed E-state index contributed by atoms with van der Waals surface area (Å²) < 4.78 is 9.73. The predicted molar refractivity (Wildman–Crippen MR) is 95.3 cm³/mol. The molecule has 2 aromatic rings. The van der Waals surface area contributed by atoms with Crippen LogP contribution in [-0.2, 0) is 11.5 Å². The second-order valence-electron chi connectivity index (χ2n) is 5.79. The SMILES string of the molecule is CCOc1ccc2c(c1)sc(=S)n2CN1CCC(C(N)=O)CC1. The third-order valence-corrected chi connectivity index (χ3v) is 5.69. The summed E-state index contributed by atoms with van der Waals surface area (Å²) in [6.45, 7) is 5.16. The molecule has 1 amide bonds. The number of piperidine rings is 1. The monoisotopic (exact) mass is 351 g/mol. The summed E-state index contributed by atoms with van der Waals surface area (Å²) in [5.74, 6) is 0.726. The van der Waals surface area contributed by atoms with Crippen molar-refractivity contribution >= 4 is 39.7 Å². The fourth-order valence-electron chi connectivity index (χ4n) is 3.00. The average molecular weight is 351 g/mol. The van der Waals surface area contributed by atoms with Crippen molar-refractivity contribution in [3.8, 4) is 5.75 Å². The van der Waals surface area contributed by atoms with Gasteiger partial charge in [0.05, 0.1) is 23.5 Å². The van der Waals surface area contributed by atoms with E-state index in [1.54, 1.807) is 11.3 Å². The molecule has 5 nitrogen and oxygen atoms in total. The quantitative estimate of drug-likeness (QED) is 0.841. The zero-order valence-electron chi connectivity index (χ0n) is 13.2. The minimum atomic E-state index is -0.175. The van der Waals surface area contributed by atoms with Crippen molar-refractivity contribution in [1.82, 2.24) is 9.47 Å². The van der Waals surface area contributed by atoms with E-state index in [4.69, 9.17) is 22.7 Å².